The average molecular weight is 280 g/mol. The van der Waals surface area contributed by atoms with Crippen molar-refractivity contribution in [1.29, 1.82) is 0 Å². The van der Waals surface area contributed by atoms with Crippen LogP contribution in [0, 0.1) is 11.8 Å². The lowest BCUT2D eigenvalue weighted by Gasteiger charge is -2.22. The minimum Gasteiger partial charge on any atom is -0.340 e. The van der Waals surface area contributed by atoms with E-state index in [4.69, 9.17) is 0 Å². The molecule has 1 saturated carbocycles. The number of aromatic nitrogens is 3. The van der Waals surface area contributed by atoms with Crippen LogP contribution in [0.25, 0.3) is 11.4 Å². The van der Waals surface area contributed by atoms with E-state index in [0.717, 1.165) is 42.3 Å². The number of hydrogen-bond donors (Lipinski definition) is 0. The van der Waals surface area contributed by atoms with Gasteiger partial charge in [-0.3, -0.25) is 0 Å². The summed E-state index contributed by atoms with van der Waals surface area (Å²) in [5, 5.41) is 0. The summed E-state index contributed by atoms with van der Waals surface area (Å²) in [5.74, 6) is 3.31. The SMILES string of the molecule is c1ccc(-c2ncnc(N3C[C@H]4CCCC[C@H]4C3)n2)cc1. The van der Waals surface area contributed by atoms with Crippen LogP contribution in [0.1, 0.15) is 25.7 Å². The lowest BCUT2D eigenvalue weighted by Crippen LogP contribution is -2.22. The van der Waals surface area contributed by atoms with Gasteiger partial charge in [0.15, 0.2) is 5.82 Å². The molecule has 2 heterocycles. The fourth-order valence-electron chi connectivity index (χ4n) is 3.74. The van der Waals surface area contributed by atoms with Crippen LogP contribution in [0.2, 0.25) is 0 Å². The Labute approximate surface area is 125 Å². The van der Waals surface area contributed by atoms with Crippen molar-refractivity contribution in [3.05, 3.63) is 36.7 Å². The molecule has 4 rings (SSSR count). The van der Waals surface area contributed by atoms with Crippen LogP contribution in [0.3, 0.4) is 0 Å². The van der Waals surface area contributed by atoms with E-state index in [-0.39, 0.29) is 0 Å². The van der Waals surface area contributed by atoms with E-state index in [1.54, 1.807) is 6.33 Å². The molecule has 2 aromatic rings. The second-order valence-electron chi connectivity index (χ2n) is 6.18. The molecule has 1 aliphatic heterocycles. The zero-order valence-corrected chi connectivity index (χ0v) is 12.2. The van der Waals surface area contributed by atoms with Crippen LogP contribution in [-0.4, -0.2) is 28.0 Å². The monoisotopic (exact) mass is 280 g/mol. The maximum absolute atomic E-state index is 4.69. The number of nitrogens with zero attached hydrogens (tertiary/aromatic N) is 4. The summed E-state index contributed by atoms with van der Waals surface area (Å²) >= 11 is 0. The van der Waals surface area contributed by atoms with Crippen LogP contribution in [-0.2, 0) is 0 Å². The van der Waals surface area contributed by atoms with Crippen molar-refractivity contribution in [2.24, 2.45) is 11.8 Å². The number of benzene rings is 1. The fourth-order valence-corrected chi connectivity index (χ4v) is 3.74. The van der Waals surface area contributed by atoms with Gasteiger partial charge in [-0.2, -0.15) is 4.98 Å². The van der Waals surface area contributed by atoms with Gasteiger partial charge in [0.1, 0.15) is 6.33 Å². The van der Waals surface area contributed by atoms with Gasteiger partial charge in [-0.1, -0.05) is 43.2 Å². The number of fused-ring (bicyclic) bond motifs is 1. The van der Waals surface area contributed by atoms with Crippen LogP contribution in [0.4, 0.5) is 5.95 Å². The summed E-state index contributed by atoms with van der Waals surface area (Å²) in [4.78, 5) is 15.8. The molecule has 1 aromatic carbocycles. The highest BCUT2D eigenvalue weighted by Gasteiger charge is 2.35. The molecule has 4 heteroatoms. The Bertz CT molecular complexity index is 599. The van der Waals surface area contributed by atoms with Gasteiger partial charge in [0, 0.05) is 18.7 Å². The van der Waals surface area contributed by atoms with Crippen LogP contribution < -0.4 is 4.90 Å². The Hall–Kier alpha value is -1.97. The molecular formula is C17H20N4. The summed E-state index contributed by atoms with van der Waals surface area (Å²) < 4.78 is 0. The van der Waals surface area contributed by atoms with Gasteiger partial charge in [-0.25, -0.2) is 9.97 Å². The molecular weight excluding hydrogens is 260 g/mol. The van der Waals surface area contributed by atoms with Gasteiger partial charge in [-0.05, 0) is 24.7 Å². The van der Waals surface area contributed by atoms with Crippen LogP contribution in [0.15, 0.2) is 36.7 Å². The smallest absolute Gasteiger partial charge is 0.228 e. The molecule has 21 heavy (non-hydrogen) atoms. The molecule has 0 amide bonds. The Morgan fingerprint density at radius 1 is 0.905 bits per heavy atom. The molecule has 1 aromatic heterocycles. The van der Waals surface area contributed by atoms with Crippen molar-refractivity contribution < 1.29 is 0 Å². The minimum atomic E-state index is 0.774. The predicted molar refractivity (Wildman–Crippen MR) is 82.9 cm³/mol. The summed E-state index contributed by atoms with van der Waals surface area (Å²) in [6.07, 6.45) is 7.17. The third-order valence-corrected chi connectivity index (χ3v) is 4.85. The maximum atomic E-state index is 4.69. The molecule has 0 unspecified atom stereocenters. The zero-order valence-electron chi connectivity index (χ0n) is 12.2. The van der Waals surface area contributed by atoms with Gasteiger partial charge < -0.3 is 4.90 Å². The van der Waals surface area contributed by atoms with E-state index in [1.807, 2.05) is 30.3 Å². The molecule has 0 bridgehead atoms. The Balaban J connectivity index is 1.59. The lowest BCUT2D eigenvalue weighted by atomic mass is 9.82. The molecule has 108 valence electrons. The van der Waals surface area contributed by atoms with E-state index in [2.05, 4.69) is 19.9 Å². The van der Waals surface area contributed by atoms with Gasteiger partial charge in [0.25, 0.3) is 0 Å². The first-order valence-electron chi connectivity index (χ1n) is 7.89. The maximum Gasteiger partial charge on any atom is 0.228 e. The molecule has 4 nitrogen and oxygen atoms in total. The molecule has 2 aliphatic rings. The number of hydrogen-bond acceptors (Lipinski definition) is 4. The standard InChI is InChI=1S/C17H20N4/c1-2-6-13(7-3-1)16-18-12-19-17(20-16)21-10-14-8-4-5-9-15(14)11-21/h1-3,6-7,12,14-15H,4-5,8-11H2/t14-,15+. The van der Waals surface area contributed by atoms with Crippen molar-refractivity contribution in [3.63, 3.8) is 0 Å². The van der Waals surface area contributed by atoms with Gasteiger partial charge in [0.05, 0.1) is 0 Å². The van der Waals surface area contributed by atoms with Crippen LogP contribution in [0.5, 0.6) is 0 Å². The van der Waals surface area contributed by atoms with Gasteiger partial charge in [0.2, 0.25) is 5.95 Å². The highest BCUT2D eigenvalue weighted by Crippen LogP contribution is 2.37. The van der Waals surface area contributed by atoms with E-state index in [9.17, 15) is 0 Å². The quantitative estimate of drug-likeness (QED) is 0.847. The predicted octanol–water partition coefficient (Wildman–Crippen LogP) is 3.17. The molecule has 2 fully saturated rings. The van der Waals surface area contributed by atoms with Crippen LogP contribution >= 0.6 is 0 Å². The normalized spacial score (nSPS) is 24.9. The second-order valence-corrected chi connectivity index (χ2v) is 6.18. The van der Waals surface area contributed by atoms with Crippen molar-refractivity contribution in [1.82, 2.24) is 15.0 Å². The van der Waals surface area contributed by atoms with E-state index in [1.165, 1.54) is 25.7 Å². The van der Waals surface area contributed by atoms with Crippen molar-refractivity contribution >= 4 is 5.95 Å². The van der Waals surface area contributed by atoms with Crippen molar-refractivity contribution in [2.75, 3.05) is 18.0 Å². The molecule has 0 radical (unpaired) electrons. The van der Waals surface area contributed by atoms with Crippen molar-refractivity contribution in [3.8, 4) is 11.4 Å². The van der Waals surface area contributed by atoms with Gasteiger partial charge >= 0.3 is 0 Å². The minimum absolute atomic E-state index is 0.774. The van der Waals surface area contributed by atoms with Crippen molar-refractivity contribution in [2.45, 2.75) is 25.7 Å². The third-order valence-electron chi connectivity index (χ3n) is 4.85. The Morgan fingerprint density at radius 2 is 1.62 bits per heavy atom. The number of anilines is 1. The van der Waals surface area contributed by atoms with E-state index >= 15 is 0 Å². The van der Waals surface area contributed by atoms with Gasteiger partial charge in [-0.15, -0.1) is 0 Å². The first kappa shape index (κ1) is 12.7. The fraction of sp³-hybridized carbons (Fsp3) is 0.471. The van der Waals surface area contributed by atoms with E-state index < -0.39 is 0 Å². The molecule has 0 spiro atoms. The van der Waals surface area contributed by atoms with E-state index in [0.29, 0.717) is 0 Å². The number of rotatable bonds is 2. The molecule has 1 aliphatic carbocycles. The third kappa shape index (κ3) is 2.50. The first-order chi connectivity index (χ1) is 10.4. The zero-order chi connectivity index (χ0) is 14.1. The Kier molecular flexibility index (Phi) is 3.30. The summed E-state index contributed by atoms with van der Waals surface area (Å²) in [5.41, 5.74) is 1.05. The first-order valence-corrected chi connectivity index (χ1v) is 7.89. The Morgan fingerprint density at radius 3 is 2.33 bits per heavy atom. The highest BCUT2D eigenvalue weighted by molar-refractivity contribution is 5.55. The molecule has 1 saturated heterocycles. The topological polar surface area (TPSA) is 41.9 Å². The average Bonchev–Trinajstić information content (AvgIpc) is 3.00. The lowest BCUT2D eigenvalue weighted by molar-refractivity contribution is 0.299. The second kappa shape index (κ2) is 5.43. The summed E-state index contributed by atoms with van der Waals surface area (Å²) in [7, 11) is 0. The molecule has 0 N–H and O–H groups in total. The molecule has 2 atom stereocenters. The highest BCUT2D eigenvalue weighted by atomic mass is 15.3. The summed E-state index contributed by atoms with van der Waals surface area (Å²) in [6, 6.07) is 10.1. The largest absolute Gasteiger partial charge is 0.340 e. The summed E-state index contributed by atoms with van der Waals surface area (Å²) in [6.45, 7) is 2.23.